The van der Waals surface area contributed by atoms with Crippen molar-refractivity contribution in [2.75, 3.05) is 13.2 Å². The van der Waals surface area contributed by atoms with Gasteiger partial charge in [-0.2, -0.15) is 0 Å². The summed E-state index contributed by atoms with van der Waals surface area (Å²) in [5.41, 5.74) is -0.138. The number of aliphatic hydroxyl groups is 1. The molecule has 0 aromatic heterocycles. The molecule has 2 unspecified atom stereocenters. The van der Waals surface area contributed by atoms with E-state index in [1.807, 2.05) is 25.7 Å². The summed E-state index contributed by atoms with van der Waals surface area (Å²) in [6.07, 6.45) is 0.496. The van der Waals surface area contributed by atoms with E-state index in [1.54, 1.807) is 0 Å². The van der Waals surface area contributed by atoms with Gasteiger partial charge in [0.25, 0.3) is 0 Å². The van der Waals surface area contributed by atoms with Crippen LogP contribution in [0.15, 0.2) is 0 Å². The Labute approximate surface area is 91.6 Å². The zero-order valence-corrected chi connectivity index (χ0v) is 10.1. The van der Waals surface area contributed by atoms with Crippen LogP contribution in [-0.2, 0) is 4.79 Å². The van der Waals surface area contributed by atoms with E-state index in [2.05, 4.69) is 12.2 Å². The Morgan fingerprint density at radius 1 is 1.53 bits per heavy atom. The number of aliphatic hydroxyl groups excluding tert-OH is 1. The van der Waals surface area contributed by atoms with Crippen molar-refractivity contribution in [3.63, 3.8) is 0 Å². The lowest BCUT2D eigenvalue weighted by atomic mass is 9.99. The fraction of sp³-hybridized carbons (Fsp3) is 0.909. The molecule has 0 bridgehead atoms. The van der Waals surface area contributed by atoms with Crippen LogP contribution in [-0.4, -0.2) is 46.7 Å². The summed E-state index contributed by atoms with van der Waals surface area (Å²) < 4.78 is 0. The quantitative estimate of drug-likeness (QED) is 0.697. The first-order valence-electron chi connectivity index (χ1n) is 5.54. The van der Waals surface area contributed by atoms with Crippen LogP contribution >= 0.6 is 0 Å². The molecule has 1 saturated heterocycles. The first-order chi connectivity index (χ1) is 6.86. The fourth-order valence-corrected chi connectivity index (χ4v) is 1.96. The largest absolute Gasteiger partial charge is 0.396 e. The predicted octanol–water partition coefficient (Wildman–Crippen LogP) is 0.356. The number of nitrogens with zero attached hydrogens (tertiary/aromatic N) is 1. The molecule has 0 aromatic rings. The second kappa shape index (κ2) is 4.49. The zero-order chi connectivity index (χ0) is 11.6. The van der Waals surface area contributed by atoms with Gasteiger partial charge < -0.3 is 15.3 Å². The van der Waals surface area contributed by atoms with E-state index in [0.29, 0.717) is 12.5 Å². The van der Waals surface area contributed by atoms with Crippen molar-refractivity contribution in [1.29, 1.82) is 0 Å². The molecule has 1 heterocycles. The summed E-state index contributed by atoms with van der Waals surface area (Å²) in [5, 5.41) is 12.1. The van der Waals surface area contributed by atoms with Gasteiger partial charge >= 0.3 is 0 Å². The highest BCUT2D eigenvalue weighted by molar-refractivity contribution is 5.83. The number of hydrogen-bond donors (Lipinski definition) is 2. The number of carbonyl (C=O) groups is 1. The van der Waals surface area contributed by atoms with Crippen molar-refractivity contribution in [2.45, 2.75) is 51.7 Å². The maximum Gasteiger partial charge on any atom is 0.240 e. The van der Waals surface area contributed by atoms with E-state index in [0.717, 1.165) is 6.54 Å². The van der Waals surface area contributed by atoms with Gasteiger partial charge in [-0.25, -0.2) is 0 Å². The lowest BCUT2D eigenvalue weighted by Crippen LogP contribution is -2.63. The summed E-state index contributed by atoms with van der Waals surface area (Å²) in [6, 6.07) is 0.0662. The normalized spacial score (nSPS) is 28.3. The second-order valence-corrected chi connectivity index (χ2v) is 5.25. The third-order valence-corrected chi connectivity index (χ3v) is 2.73. The minimum Gasteiger partial charge on any atom is -0.396 e. The van der Waals surface area contributed by atoms with Crippen LogP contribution in [0.1, 0.15) is 34.1 Å². The van der Waals surface area contributed by atoms with Crippen molar-refractivity contribution >= 4 is 5.91 Å². The van der Waals surface area contributed by atoms with Crippen molar-refractivity contribution < 1.29 is 9.90 Å². The van der Waals surface area contributed by atoms with E-state index < -0.39 is 0 Å². The summed E-state index contributed by atoms with van der Waals surface area (Å²) in [7, 11) is 0. The van der Waals surface area contributed by atoms with Gasteiger partial charge in [-0.1, -0.05) is 0 Å². The van der Waals surface area contributed by atoms with Gasteiger partial charge in [-0.3, -0.25) is 4.79 Å². The number of carbonyl (C=O) groups excluding carboxylic acids is 1. The Hall–Kier alpha value is -0.610. The van der Waals surface area contributed by atoms with Gasteiger partial charge in [0.2, 0.25) is 5.91 Å². The Bertz CT molecular complexity index is 235. The summed E-state index contributed by atoms with van der Waals surface area (Å²) in [6.45, 7) is 8.98. The fourth-order valence-electron chi connectivity index (χ4n) is 1.96. The number of piperazine rings is 1. The van der Waals surface area contributed by atoms with Crippen LogP contribution < -0.4 is 5.32 Å². The molecule has 4 heteroatoms. The smallest absolute Gasteiger partial charge is 0.240 e. The highest BCUT2D eigenvalue weighted by atomic mass is 16.3. The van der Waals surface area contributed by atoms with Crippen molar-refractivity contribution in [1.82, 2.24) is 10.2 Å². The molecule has 88 valence electrons. The Balaban J connectivity index is 2.77. The molecule has 1 aliphatic heterocycles. The SMILES string of the molecule is CC1CN(C(C)(C)C)C(=O)C(CCO)N1. The molecule has 15 heavy (non-hydrogen) atoms. The van der Waals surface area contributed by atoms with Crippen molar-refractivity contribution in [3.05, 3.63) is 0 Å². The molecule has 0 radical (unpaired) electrons. The molecule has 0 saturated carbocycles. The molecule has 1 aliphatic rings. The van der Waals surface area contributed by atoms with Crippen LogP contribution in [0.5, 0.6) is 0 Å². The van der Waals surface area contributed by atoms with E-state index in [9.17, 15) is 4.79 Å². The molecule has 0 aromatic carbocycles. The molecule has 1 amide bonds. The molecule has 0 spiro atoms. The highest BCUT2D eigenvalue weighted by Crippen LogP contribution is 2.19. The number of amides is 1. The number of hydrogen-bond acceptors (Lipinski definition) is 3. The van der Waals surface area contributed by atoms with Gasteiger partial charge in [0.15, 0.2) is 0 Å². The molecular formula is C11H22N2O2. The summed E-state index contributed by atoms with van der Waals surface area (Å²) in [4.78, 5) is 14.0. The molecular weight excluding hydrogens is 192 g/mol. The van der Waals surface area contributed by atoms with E-state index >= 15 is 0 Å². The number of rotatable bonds is 2. The van der Waals surface area contributed by atoms with Crippen molar-refractivity contribution in [3.8, 4) is 0 Å². The van der Waals surface area contributed by atoms with Crippen molar-refractivity contribution in [2.24, 2.45) is 0 Å². The third kappa shape index (κ3) is 2.92. The van der Waals surface area contributed by atoms with Gasteiger partial charge in [-0.15, -0.1) is 0 Å². The first kappa shape index (κ1) is 12.5. The maximum atomic E-state index is 12.1. The van der Waals surface area contributed by atoms with E-state index in [1.165, 1.54) is 0 Å². The minimum absolute atomic E-state index is 0.0497. The average molecular weight is 214 g/mol. The third-order valence-electron chi connectivity index (χ3n) is 2.73. The predicted molar refractivity (Wildman–Crippen MR) is 59.6 cm³/mol. The first-order valence-corrected chi connectivity index (χ1v) is 5.54. The average Bonchev–Trinajstić information content (AvgIpc) is 2.09. The van der Waals surface area contributed by atoms with Crippen LogP contribution in [0.25, 0.3) is 0 Å². The summed E-state index contributed by atoms with van der Waals surface area (Å²) >= 11 is 0. The lowest BCUT2D eigenvalue weighted by molar-refractivity contribution is -0.142. The van der Waals surface area contributed by atoms with Crippen LogP contribution in [0, 0.1) is 0 Å². The van der Waals surface area contributed by atoms with Gasteiger partial charge in [0, 0.05) is 24.7 Å². The Morgan fingerprint density at radius 2 is 2.13 bits per heavy atom. The molecule has 4 nitrogen and oxygen atoms in total. The monoisotopic (exact) mass is 214 g/mol. The molecule has 1 rings (SSSR count). The molecule has 2 atom stereocenters. The molecule has 1 fully saturated rings. The minimum atomic E-state index is -0.224. The molecule has 2 N–H and O–H groups in total. The van der Waals surface area contributed by atoms with Crippen LogP contribution in [0.2, 0.25) is 0 Å². The van der Waals surface area contributed by atoms with E-state index in [-0.39, 0.29) is 24.1 Å². The van der Waals surface area contributed by atoms with Gasteiger partial charge in [0.1, 0.15) is 0 Å². The Morgan fingerprint density at radius 3 is 2.60 bits per heavy atom. The topological polar surface area (TPSA) is 52.6 Å². The van der Waals surface area contributed by atoms with E-state index in [4.69, 9.17) is 5.11 Å². The van der Waals surface area contributed by atoms with Crippen LogP contribution in [0.4, 0.5) is 0 Å². The van der Waals surface area contributed by atoms with Gasteiger partial charge in [0.05, 0.1) is 6.04 Å². The standard InChI is InChI=1S/C11H22N2O2/c1-8-7-13(11(2,3)4)10(15)9(12-8)5-6-14/h8-9,12,14H,5-7H2,1-4H3. The zero-order valence-electron chi connectivity index (χ0n) is 10.1. The molecule has 0 aliphatic carbocycles. The second-order valence-electron chi connectivity index (χ2n) is 5.25. The lowest BCUT2D eigenvalue weighted by Gasteiger charge is -2.44. The maximum absolute atomic E-state index is 12.1. The van der Waals surface area contributed by atoms with Crippen LogP contribution in [0.3, 0.4) is 0 Å². The number of nitrogens with one attached hydrogen (secondary N) is 1. The highest BCUT2D eigenvalue weighted by Gasteiger charge is 2.36. The Kier molecular flexibility index (Phi) is 3.73. The van der Waals surface area contributed by atoms with Gasteiger partial charge in [-0.05, 0) is 34.1 Å². The summed E-state index contributed by atoms with van der Waals surface area (Å²) in [5.74, 6) is 0.106.